The van der Waals surface area contributed by atoms with Crippen LogP contribution < -0.4 is 14.8 Å². The number of benzene rings is 2. The molecule has 25 heavy (non-hydrogen) atoms. The summed E-state index contributed by atoms with van der Waals surface area (Å²) >= 11 is 1.56. The highest BCUT2D eigenvalue weighted by atomic mass is 32.2. The van der Waals surface area contributed by atoms with Gasteiger partial charge < -0.3 is 19.8 Å². The number of carbonyl (C=O) groups is 1. The van der Waals surface area contributed by atoms with Gasteiger partial charge in [0.1, 0.15) is 13.2 Å². The highest BCUT2D eigenvalue weighted by molar-refractivity contribution is 7.98. The maximum Gasteiger partial charge on any atom is 0.228 e. The van der Waals surface area contributed by atoms with Gasteiger partial charge in [0.05, 0.1) is 12.1 Å². The second-order valence-electron chi connectivity index (χ2n) is 5.78. The van der Waals surface area contributed by atoms with Crippen molar-refractivity contribution in [2.24, 2.45) is 0 Å². The van der Waals surface area contributed by atoms with Crippen LogP contribution in [0, 0.1) is 0 Å². The van der Waals surface area contributed by atoms with Crippen LogP contribution in [0.5, 0.6) is 11.5 Å². The number of para-hydroxylation sites is 1. The van der Waals surface area contributed by atoms with Gasteiger partial charge in [0, 0.05) is 28.1 Å². The lowest BCUT2D eigenvalue weighted by Crippen LogP contribution is -2.18. The molecular formula is C19H18N2O3S. The molecule has 0 fully saturated rings. The quantitative estimate of drug-likeness (QED) is 0.699. The van der Waals surface area contributed by atoms with Gasteiger partial charge in [-0.1, -0.05) is 18.2 Å². The Morgan fingerprint density at radius 1 is 1.20 bits per heavy atom. The lowest BCUT2D eigenvalue weighted by atomic mass is 10.1. The number of amides is 1. The number of ether oxygens (including phenoxy) is 2. The van der Waals surface area contributed by atoms with Crippen LogP contribution in [0.2, 0.25) is 0 Å². The highest BCUT2D eigenvalue weighted by Gasteiger charge is 2.17. The van der Waals surface area contributed by atoms with Gasteiger partial charge in [-0.25, -0.2) is 0 Å². The van der Waals surface area contributed by atoms with Crippen molar-refractivity contribution in [1.29, 1.82) is 0 Å². The summed E-state index contributed by atoms with van der Waals surface area (Å²) in [6.07, 6.45) is 4.18. The van der Waals surface area contributed by atoms with Gasteiger partial charge in [-0.3, -0.25) is 4.79 Å². The predicted molar refractivity (Wildman–Crippen MR) is 99.8 cm³/mol. The molecule has 1 amide bonds. The number of nitrogens with one attached hydrogen (secondary N) is 2. The first kappa shape index (κ1) is 15.9. The summed E-state index contributed by atoms with van der Waals surface area (Å²) < 4.78 is 11.2. The average molecular weight is 354 g/mol. The van der Waals surface area contributed by atoms with Gasteiger partial charge in [0.2, 0.25) is 5.91 Å². The van der Waals surface area contributed by atoms with E-state index in [1.54, 1.807) is 11.8 Å². The van der Waals surface area contributed by atoms with E-state index in [0.717, 1.165) is 32.8 Å². The first-order chi connectivity index (χ1) is 12.2. The minimum atomic E-state index is -0.0586. The second kappa shape index (κ2) is 6.72. The Bertz CT molecular complexity index is 936. The molecule has 1 aromatic heterocycles. The number of thioether (sulfide) groups is 1. The monoisotopic (exact) mass is 354 g/mol. The van der Waals surface area contributed by atoms with Crippen molar-refractivity contribution in [3.05, 3.63) is 48.2 Å². The molecule has 5 nitrogen and oxygen atoms in total. The Morgan fingerprint density at radius 3 is 2.76 bits per heavy atom. The van der Waals surface area contributed by atoms with Crippen molar-refractivity contribution in [2.75, 3.05) is 24.8 Å². The third kappa shape index (κ3) is 3.17. The van der Waals surface area contributed by atoms with Crippen LogP contribution in [0.3, 0.4) is 0 Å². The van der Waals surface area contributed by atoms with E-state index < -0.39 is 0 Å². The summed E-state index contributed by atoms with van der Waals surface area (Å²) in [4.78, 5) is 16.7. The third-order valence-electron chi connectivity index (χ3n) is 4.16. The minimum Gasteiger partial charge on any atom is -0.486 e. The van der Waals surface area contributed by atoms with Crippen molar-refractivity contribution in [3.63, 3.8) is 0 Å². The number of anilines is 1. The molecule has 4 rings (SSSR count). The van der Waals surface area contributed by atoms with Gasteiger partial charge in [-0.15, -0.1) is 11.8 Å². The first-order valence-electron chi connectivity index (χ1n) is 8.07. The maximum atomic E-state index is 12.6. The largest absolute Gasteiger partial charge is 0.486 e. The van der Waals surface area contributed by atoms with Crippen molar-refractivity contribution in [2.45, 2.75) is 11.3 Å². The molecule has 2 N–H and O–H groups in total. The predicted octanol–water partition coefficient (Wildman–Crippen LogP) is 3.84. The molecule has 1 aliphatic heterocycles. The summed E-state index contributed by atoms with van der Waals surface area (Å²) in [5.74, 6) is 1.34. The Labute approximate surface area is 149 Å². The topological polar surface area (TPSA) is 63.4 Å². The van der Waals surface area contributed by atoms with Crippen LogP contribution in [-0.4, -0.2) is 30.4 Å². The van der Waals surface area contributed by atoms with E-state index in [1.165, 1.54) is 0 Å². The number of aromatic amines is 1. The van der Waals surface area contributed by atoms with Crippen LogP contribution in [0.4, 0.5) is 5.69 Å². The van der Waals surface area contributed by atoms with Gasteiger partial charge in [-0.2, -0.15) is 0 Å². The van der Waals surface area contributed by atoms with Crippen molar-refractivity contribution in [3.8, 4) is 11.5 Å². The number of carbonyl (C=O) groups excluding carboxylic acids is 1. The molecule has 1 aliphatic rings. The molecule has 6 heteroatoms. The van der Waals surface area contributed by atoms with Crippen molar-refractivity contribution >= 4 is 34.3 Å². The van der Waals surface area contributed by atoms with Crippen molar-refractivity contribution in [1.82, 2.24) is 4.98 Å². The van der Waals surface area contributed by atoms with Crippen LogP contribution >= 0.6 is 11.8 Å². The zero-order valence-electron chi connectivity index (χ0n) is 13.8. The molecule has 0 aliphatic carbocycles. The summed E-state index contributed by atoms with van der Waals surface area (Å²) in [6, 6.07) is 11.7. The van der Waals surface area contributed by atoms with Crippen LogP contribution in [0.25, 0.3) is 10.9 Å². The smallest absolute Gasteiger partial charge is 0.228 e. The Balaban J connectivity index is 1.56. The Kier molecular flexibility index (Phi) is 4.28. The number of hydrogen-bond donors (Lipinski definition) is 2. The van der Waals surface area contributed by atoms with Gasteiger partial charge in [-0.05, 0) is 24.0 Å². The molecule has 2 heterocycles. The van der Waals surface area contributed by atoms with E-state index in [9.17, 15) is 4.79 Å². The summed E-state index contributed by atoms with van der Waals surface area (Å²) in [5.41, 5.74) is 2.77. The molecule has 128 valence electrons. The Morgan fingerprint density at radius 2 is 1.96 bits per heavy atom. The normalized spacial score (nSPS) is 13.0. The zero-order valence-corrected chi connectivity index (χ0v) is 14.6. The fraction of sp³-hybridized carbons (Fsp3) is 0.211. The molecule has 2 aromatic carbocycles. The molecule has 0 saturated heterocycles. The number of hydrogen-bond acceptors (Lipinski definition) is 4. The fourth-order valence-corrected chi connectivity index (χ4v) is 3.54. The van der Waals surface area contributed by atoms with E-state index in [0.29, 0.717) is 25.4 Å². The molecule has 0 unspecified atom stereocenters. The second-order valence-corrected chi connectivity index (χ2v) is 6.63. The molecule has 0 atom stereocenters. The van der Waals surface area contributed by atoms with Gasteiger partial charge >= 0.3 is 0 Å². The number of H-pyrrole nitrogens is 1. The molecule has 0 saturated carbocycles. The van der Waals surface area contributed by atoms with E-state index >= 15 is 0 Å². The van der Waals surface area contributed by atoms with Crippen LogP contribution in [-0.2, 0) is 11.2 Å². The van der Waals surface area contributed by atoms with E-state index in [-0.39, 0.29) is 5.91 Å². The summed E-state index contributed by atoms with van der Waals surface area (Å²) in [7, 11) is 0. The minimum absolute atomic E-state index is 0.0586. The Hall–Kier alpha value is -2.60. The third-order valence-corrected chi connectivity index (χ3v) is 4.94. The van der Waals surface area contributed by atoms with Crippen molar-refractivity contribution < 1.29 is 14.3 Å². The molecular weight excluding hydrogens is 336 g/mol. The molecule has 0 bridgehead atoms. The van der Waals surface area contributed by atoms with E-state index in [4.69, 9.17) is 9.47 Å². The highest BCUT2D eigenvalue weighted by Crippen LogP contribution is 2.39. The summed E-state index contributed by atoms with van der Waals surface area (Å²) in [5, 5.41) is 4.08. The first-order valence-corrected chi connectivity index (χ1v) is 9.29. The fourth-order valence-electron chi connectivity index (χ4n) is 2.98. The molecule has 0 spiro atoms. The van der Waals surface area contributed by atoms with Crippen LogP contribution in [0.1, 0.15) is 5.56 Å². The number of rotatable bonds is 4. The lowest BCUT2D eigenvalue weighted by molar-refractivity contribution is -0.115. The standard InChI is InChI=1S/C19H18N2O3S/c1-25-18-10-17-16(23-6-7-24-17)9-15(18)21-19(22)8-12-11-20-14-5-3-2-4-13(12)14/h2-5,9-11,20H,6-8H2,1H3,(H,21,22). The van der Waals surface area contributed by atoms with Gasteiger partial charge in [0.15, 0.2) is 11.5 Å². The SMILES string of the molecule is CSc1cc2c(cc1NC(=O)Cc1c[nH]c3ccccc13)OCCO2. The van der Waals surface area contributed by atoms with E-state index in [1.807, 2.05) is 48.9 Å². The van der Waals surface area contributed by atoms with Gasteiger partial charge in [0.25, 0.3) is 0 Å². The number of fused-ring (bicyclic) bond motifs is 2. The lowest BCUT2D eigenvalue weighted by Gasteiger charge is -2.21. The molecule has 0 radical (unpaired) electrons. The number of aromatic nitrogens is 1. The molecule has 3 aromatic rings. The average Bonchev–Trinajstić information content (AvgIpc) is 3.04. The van der Waals surface area contributed by atoms with Crippen LogP contribution in [0.15, 0.2) is 47.5 Å². The maximum absolute atomic E-state index is 12.6. The summed E-state index contributed by atoms with van der Waals surface area (Å²) in [6.45, 7) is 1.07. The van der Waals surface area contributed by atoms with E-state index in [2.05, 4.69) is 10.3 Å². The zero-order chi connectivity index (χ0) is 17.2.